The summed E-state index contributed by atoms with van der Waals surface area (Å²) >= 11 is 0. The van der Waals surface area contributed by atoms with Gasteiger partial charge in [-0.25, -0.2) is 0 Å². The van der Waals surface area contributed by atoms with E-state index < -0.39 is 0 Å². The molecule has 0 aliphatic carbocycles. The number of ether oxygens (including phenoxy) is 2. The van der Waals surface area contributed by atoms with Gasteiger partial charge in [0.2, 0.25) is 0 Å². The van der Waals surface area contributed by atoms with E-state index in [1.54, 1.807) is 13.0 Å². The van der Waals surface area contributed by atoms with E-state index in [0.717, 1.165) is 5.56 Å². The van der Waals surface area contributed by atoms with Crippen molar-refractivity contribution in [3.05, 3.63) is 23.8 Å². The molecule has 1 amide bonds. The molecule has 6 heteroatoms. The van der Waals surface area contributed by atoms with Crippen molar-refractivity contribution >= 4 is 17.6 Å². The Balaban J connectivity index is 2.00. The highest BCUT2D eigenvalue weighted by atomic mass is 16.5. The van der Waals surface area contributed by atoms with Gasteiger partial charge in [-0.15, -0.1) is 0 Å². The molecular weight excluding hydrogens is 248 g/mol. The molecule has 0 radical (unpaired) electrons. The highest BCUT2D eigenvalue weighted by Crippen LogP contribution is 2.28. The number of fused-ring (bicyclic) bond motifs is 1. The molecule has 1 aliphatic heterocycles. The molecule has 1 aliphatic rings. The Morgan fingerprint density at radius 1 is 1.58 bits per heavy atom. The first-order valence-corrected chi connectivity index (χ1v) is 5.97. The third kappa shape index (κ3) is 3.23. The number of methoxy groups -OCH3 is 1. The second-order valence-corrected chi connectivity index (χ2v) is 4.29. The largest absolute Gasteiger partial charge is 0.482 e. The minimum absolute atomic E-state index is 0.0456. The number of anilines is 1. The molecule has 1 unspecified atom stereocenters. The fourth-order valence-electron chi connectivity index (χ4n) is 1.77. The molecule has 0 aromatic heterocycles. The molecule has 1 heterocycles. The number of hydrogen-bond donors (Lipinski definition) is 2. The van der Waals surface area contributed by atoms with Crippen LogP contribution in [0.4, 0.5) is 5.69 Å². The summed E-state index contributed by atoms with van der Waals surface area (Å²) in [6.45, 7) is 2.28. The second-order valence-electron chi connectivity index (χ2n) is 4.29. The van der Waals surface area contributed by atoms with Crippen LogP contribution < -0.4 is 15.4 Å². The number of carbonyl (C=O) groups is 2. The molecule has 2 N–H and O–H groups in total. The van der Waals surface area contributed by atoms with Crippen LogP contribution in [0.5, 0.6) is 5.75 Å². The van der Waals surface area contributed by atoms with Gasteiger partial charge in [0.05, 0.1) is 12.8 Å². The standard InChI is InChI=1S/C13H16N2O4/c1-8(13(17)18-2)14-6-9-3-4-11-10(5-9)15-12(16)7-19-11/h3-5,8,14H,6-7H2,1-2H3,(H,15,16). The van der Waals surface area contributed by atoms with Gasteiger partial charge in [0.25, 0.3) is 5.91 Å². The number of hydrogen-bond acceptors (Lipinski definition) is 5. The molecule has 6 nitrogen and oxygen atoms in total. The second kappa shape index (κ2) is 5.71. The van der Waals surface area contributed by atoms with Crippen LogP contribution in [0, 0.1) is 0 Å². The van der Waals surface area contributed by atoms with Crippen molar-refractivity contribution in [1.29, 1.82) is 0 Å². The number of rotatable bonds is 4. The molecule has 2 rings (SSSR count). The lowest BCUT2D eigenvalue weighted by molar-refractivity contribution is -0.142. The Morgan fingerprint density at radius 2 is 2.37 bits per heavy atom. The molecule has 0 spiro atoms. The minimum Gasteiger partial charge on any atom is -0.482 e. The molecule has 0 fully saturated rings. The van der Waals surface area contributed by atoms with Crippen LogP contribution in [-0.4, -0.2) is 31.6 Å². The van der Waals surface area contributed by atoms with Crippen LogP contribution >= 0.6 is 0 Å². The number of carbonyl (C=O) groups excluding carboxylic acids is 2. The van der Waals surface area contributed by atoms with Crippen molar-refractivity contribution in [1.82, 2.24) is 5.32 Å². The van der Waals surface area contributed by atoms with Crippen LogP contribution in [0.15, 0.2) is 18.2 Å². The summed E-state index contributed by atoms with van der Waals surface area (Å²) in [6.07, 6.45) is 0. The van der Waals surface area contributed by atoms with Crippen molar-refractivity contribution in [2.45, 2.75) is 19.5 Å². The quantitative estimate of drug-likeness (QED) is 0.782. The highest BCUT2D eigenvalue weighted by molar-refractivity contribution is 5.95. The molecule has 0 bridgehead atoms. The molecule has 1 aromatic carbocycles. The smallest absolute Gasteiger partial charge is 0.322 e. The third-order valence-corrected chi connectivity index (χ3v) is 2.84. The Kier molecular flexibility index (Phi) is 4.01. The van der Waals surface area contributed by atoms with Gasteiger partial charge in [-0.2, -0.15) is 0 Å². The molecule has 19 heavy (non-hydrogen) atoms. The number of benzene rings is 1. The van der Waals surface area contributed by atoms with Crippen LogP contribution in [0.25, 0.3) is 0 Å². The van der Waals surface area contributed by atoms with Crippen LogP contribution in [0.3, 0.4) is 0 Å². The maximum absolute atomic E-state index is 11.2. The number of nitrogens with one attached hydrogen (secondary N) is 2. The van der Waals surface area contributed by atoms with Crippen molar-refractivity contribution in [2.24, 2.45) is 0 Å². The summed E-state index contributed by atoms with van der Waals surface area (Å²) in [5, 5.41) is 5.78. The topological polar surface area (TPSA) is 76.7 Å². The van der Waals surface area contributed by atoms with E-state index in [9.17, 15) is 9.59 Å². The summed E-state index contributed by atoms with van der Waals surface area (Å²) in [4.78, 5) is 22.5. The van der Waals surface area contributed by atoms with Crippen LogP contribution in [0.2, 0.25) is 0 Å². The van der Waals surface area contributed by atoms with Gasteiger partial charge in [-0.1, -0.05) is 6.07 Å². The number of amides is 1. The lowest BCUT2D eigenvalue weighted by atomic mass is 10.1. The van der Waals surface area contributed by atoms with E-state index in [1.165, 1.54) is 7.11 Å². The van der Waals surface area contributed by atoms with Crippen LogP contribution in [0.1, 0.15) is 12.5 Å². The zero-order valence-electron chi connectivity index (χ0n) is 10.9. The third-order valence-electron chi connectivity index (χ3n) is 2.84. The molecule has 1 atom stereocenters. The van der Waals surface area contributed by atoms with Gasteiger partial charge >= 0.3 is 5.97 Å². The van der Waals surface area contributed by atoms with Crippen molar-refractivity contribution in [3.63, 3.8) is 0 Å². The first kappa shape index (κ1) is 13.4. The van der Waals surface area contributed by atoms with E-state index in [2.05, 4.69) is 15.4 Å². The zero-order valence-corrected chi connectivity index (χ0v) is 10.9. The van der Waals surface area contributed by atoms with E-state index >= 15 is 0 Å². The molecule has 102 valence electrons. The van der Waals surface area contributed by atoms with E-state index in [-0.39, 0.29) is 24.5 Å². The Morgan fingerprint density at radius 3 is 3.11 bits per heavy atom. The Labute approximate surface area is 111 Å². The van der Waals surface area contributed by atoms with E-state index in [1.807, 2.05) is 12.1 Å². The first-order valence-electron chi connectivity index (χ1n) is 5.97. The predicted octanol–water partition coefficient (Wildman–Crippen LogP) is 0.669. The monoisotopic (exact) mass is 264 g/mol. The maximum Gasteiger partial charge on any atom is 0.322 e. The summed E-state index contributed by atoms with van der Waals surface area (Å²) in [5.74, 6) is 0.180. The average Bonchev–Trinajstić information content (AvgIpc) is 2.43. The molecule has 0 saturated heterocycles. The number of esters is 1. The van der Waals surface area contributed by atoms with Crippen molar-refractivity contribution in [2.75, 3.05) is 19.0 Å². The molecule has 1 aromatic rings. The van der Waals surface area contributed by atoms with Gasteiger partial charge in [-0.3, -0.25) is 9.59 Å². The van der Waals surface area contributed by atoms with Crippen molar-refractivity contribution in [3.8, 4) is 5.75 Å². The fraction of sp³-hybridized carbons (Fsp3) is 0.385. The lowest BCUT2D eigenvalue weighted by Gasteiger charge is -2.19. The lowest BCUT2D eigenvalue weighted by Crippen LogP contribution is -2.34. The molecule has 0 saturated carbocycles. The Bertz CT molecular complexity index is 501. The summed E-state index contributed by atoms with van der Waals surface area (Å²) < 4.78 is 9.89. The Hall–Kier alpha value is -2.08. The fourth-order valence-corrected chi connectivity index (χ4v) is 1.77. The zero-order chi connectivity index (χ0) is 13.8. The average molecular weight is 264 g/mol. The first-order chi connectivity index (χ1) is 9.10. The van der Waals surface area contributed by atoms with Gasteiger partial charge in [0.15, 0.2) is 6.61 Å². The van der Waals surface area contributed by atoms with E-state index in [4.69, 9.17) is 4.74 Å². The van der Waals surface area contributed by atoms with Gasteiger partial charge in [-0.05, 0) is 24.6 Å². The maximum atomic E-state index is 11.2. The van der Waals surface area contributed by atoms with Crippen LogP contribution in [-0.2, 0) is 20.9 Å². The predicted molar refractivity (Wildman–Crippen MR) is 68.9 cm³/mol. The summed E-state index contributed by atoms with van der Waals surface area (Å²) in [6, 6.07) is 5.12. The van der Waals surface area contributed by atoms with E-state index in [0.29, 0.717) is 18.0 Å². The summed E-state index contributed by atoms with van der Waals surface area (Å²) in [7, 11) is 1.35. The van der Waals surface area contributed by atoms with Gasteiger partial charge in [0.1, 0.15) is 11.8 Å². The highest BCUT2D eigenvalue weighted by Gasteiger charge is 2.16. The van der Waals surface area contributed by atoms with Gasteiger partial charge in [0, 0.05) is 6.54 Å². The van der Waals surface area contributed by atoms with Crippen molar-refractivity contribution < 1.29 is 19.1 Å². The van der Waals surface area contributed by atoms with Gasteiger partial charge < -0.3 is 20.1 Å². The minimum atomic E-state index is -0.383. The normalized spacial score (nSPS) is 14.9. The SMILES string of the molecule is COC(=O)C(C)NCc1ccc2c(c1)NC(=O)CO2. The molecular formula is C13H16N2O4. The summed E-state index contributed by atoms with van der Waals surface area (Å²) in [5.41, 5.74) is 1.60.